The Morgan fingerprint density at radius 2 is 1.85 bits per heavy atom. The van der Waals surface area contributed by atoms with Crippen molar-refractivity contribution in [3.63, 3.8) is 0 Å². The van der Waals surface area contributed by atoms with Gasteiger partial charge in [-0.05, 0) is 32.7 Å². The van der Waals surface area contributed by atoms with E-state index in [2.05, 4.69) is 5.32 Å². The molecule has 78 valence electrons. The molecule has 1 aliphatic rings. The maximum Gasteiger partial charge on any atom is 0.0704 e. The molecule has 0 heterocycles. The van der Waals surface area contributed by atoms with Crippen molar-refractivity contribution in [1.82, 2.24) is 5.32 Å². The van der Waals surface area contributed by atoms with Gasteiger partial charge in [-0.2, -0.15) is 0 Å². The first-order valence-corrected chi connectivity index (χ1v) is 5.14. The third-order valence-corrected chi connectivity index (χ3v) is 2.72. The van der Waals surface area contributed by atoms with Gasteiger partial charge < -0.3 is 14.8 Å². The highest BCUT2D eigenvalue weighted by atomic mass is 16.5. The number of ether oxygens (including phenoxy) is 2. The van der Waals surface area contributed by atoms with Crippen LogP contribution >= 0.6 is 0 Å². The first-order chi connectivity index (χ1) is 6.36. The van der Waals surface area contributed by atoms with Crippen LogP contribution in [0.3, 0.4) is 0 Å². The van der Waals surface area contributed by atoms with E-state index in [0.29, 0.717) is 18.8 Å². The van der Waals surface area contributed by atoms with E-state index in [1.54, 1.807) is 7.11 Å². The van der Waals surface area contributed by atoms with Crippen molar-refractivity contribution >= 4 is 0 Å². The maximum atomic E-state index is 5.66. The Kier molecular flexibility index (Phi) is 5.35. The van der Waals surface area contributed by atoms with E-state index >= 15 is 0 Å². The highest BCUT2D eigenvalue weighted by Crippen LogP contribution is 2.20. The van der Waals surface area contributed by atoms with Gasteiger partial charge in [0.2, 0.25) is 0 Å². The lowest BCUT2D eigenvalue weighted by Gasteiger charge is -2.28. The fourth-order valence-electron chi connectivity index (χ4n) is 1.82. The monoisotopic (exact) mass is 187 g/mol. The maximum absolute atomic E-state index is 5.66. The zero-order chi connectivity index (χ0) is 9.52. The molecule has 0 aromatic carbocycles. The Labute approximate surface area is 80.8 Å². The van der Waals surface area contributed by atoms with Crippen LogP contribution in [0.5, 0.6) is 0 Å². The average Bonchev–Trinajstić information content (AvgIpc) is 2.19. The van der Waals surface area contributed by atoms with Crippen molar-refractivity contribution in [2.24, 2.45) is 0 Å². The molecule has 0 atom stereocenters. The van der Waals surface area contributed by atoms with Gasteiger partial charge in [0.25, 0.3) is 0 Å². The van der Waals surface area contributed by atoms with Crippen LogP contribution in [-0.4, -0.2) is 39.5 Å². The van der Waals surface area contributed by atoms with Crippen molar-refractivity contribution in [3.8, 4) is 0 Å². The van der Waals surface area contributed by atoms with Gasteiger partial charge in [0.05, 0.1) is 19.3 Å². The Balaban J connectivity index is 2.03. The number of hydrogen-bond donors (Lipinski definition) is 1. The first-order valence-electron chi connectivity index (χ1n) is 5.14. The van der Waals surface area contributed by atoms with Crippen LogP contribution in [0.4, 0.5) is 0 Å². The second-order valence-corrected chi connectivity index (χ2v) is 3.63. The van der Waals surface area contributed by atoms with Gasteiger partial charge in [0, 0.05) is 13.2 Å². The standard InChI is InChI=1S/C10H21NO2/c1-11-9-3-5-10(6-4-9)13-8-7-12-2/h9-11H,3-8H2,1-2H3. The summed E-state index contributed by atoms with van der Waals surface area (Å²) in [6, 6.07) is 0.710. The van der Waals surface area contributed by atoms with E-state index in [9.17, 15) is 0 Å². The molecule has 0 radical (unpaired) electrons. The largest absolute Gasteiger partial charge is 0.382 e. The summed E-state index contributed by atoms with van der Waals surface area (Å²) < 4.78 is 10.6. The molecule has 0 aromatic rings. The molecular formula is C10H21NO2. The summed E-state index contributed by atoms with van der Waals surface area (Å²) in [5.41, 5.74) is 0. The molecule has 1 rings (SSSR count). The van der Waals surface area contributed by atoms with E-state index in [0.717, 1.165) is 6.61 Å². The number of nitrogens with one attached hydrogen (secondary N) is 1. The highest BCUT2D eigenvalue weighted by molar-refractivity contribution is 4.76. The molecule has 0 spiro atoms. The lowest BCUT2D eigenvalue weighted by molar-refractivity contribution is -0.00386. The smallest absolute Gasteiger partial charge is 0.0704 e. The molecule has 0 amide bonds. The fraction of sp³-hybridized carbons (Fsp3) is 1.00. The fourth-order valence-corrected chi connectivity index (χ4v) is 1.82. The minimum Gasteiger partial charge on any atom is -0.382 e. The Bertz CT molecular complexity index is 119. The molecule has 0 bridgehead atoms. The molecule has 0 saturated heterocycles. The summed E-state index contributed by atoms with van der Waals surface area (Å²) >= 11 is 0. The van der Waals surface area contributed by atoms with Gasteiger partial charge >= 0.3 is 0 Å². The quantitative estimate of drug-likeness (QED) is 0.656. The van der Waals surface area contributed by atoms with E-state index in [1.165, 1.54) is 25.7 Å². The zero-order valence-electron chi connectivity index (χ0n) is 8.71. The number of methoxy groups -OCH3 is 1. The molecule has 3 nitrogen and oxygen atoms in total. The molecular weight excluding hydrogens is 166 g/mol. The molecule has 1 fully saturated rings. The van der Waals surface area contributed by atoms with Crippen LogP contribution in [0.25, 0.3) is 0 Å². The minimum absolute atomic E-state index is 0.472. The number of hydrogen-bond acceptors (Lipinski definition) is 3. The van der Waals surface area contributed by atoms with E-state index < -0.39 is 0 Å². The van der Waals surface area contributed by atoms with E-state index in [1.807, 2.05) is 7.05 Å². The summed E-state index contributed by atoms with van der Waals surface area (Å²) in [6.07, 6.45) is 5.34. The van der Waals surface area contributed by atoms with Gasteiger partial charge in [0.1, 0.15) is 0 Å². The summed E-state index contributed by atoms with van der Waals surface area (Å²) in [4.78, 5) is 0. The predicted molar refractivity (Wildman–Crippen MR) is 52.9 cm³/mol. The van der Waals surface area contributed by atoms with Crippen molar-refractivity contribution in [2.75, 3.05) is 27.4 Å². The SMILES string of the molecule is CNC1CCC(OCCOC)CC1. The van der Waals surface area contributed by atoms with Crippen molar-refractivity contribution < 1.29 is 9.47 Å². The van der Waals surface area contributed by atoms with E-state index in [4.69, 9.17) is 9.47 Å². The van der Waals surface area contributed by atoms with Crippen LogP contribution in [0.1, 0.15) is 25.7 Å². The topological polar surface area (TPSA) is 30.5 Å². The minimum atomic E-state index is 0.472. The van der Waals surface area contributed by atoms with Crippen molar-refractivity contribution in [2.45, 2.75) is 37.8 Å². The van der Waals surface area contributed by atoms with Crippen LogP contribution in [0.15, 0.2) is 0 Å². The van der Waals surface area contributed by atoms with Crippen LogP contribution < -0.4 is 5.32 Å². The van der Waals surface area contributed by atoms with Crippen molar-refractivity contribution in [3.05, 3.63) is 0 Å². The number of rotatable bonds is 5. The Hall–Kier alpha value is -0.120. The van der Waals surface area contributed by atoms with Crippen LogP contribution in [0.2, 0.25) is 0 Å². The molecule has 0 aliphatic heterocycles. The van der Waals surface area contributed by atoms with Gasteiger partial charge in [-0.3, -0.25) is 0 Å². The van der Waals surface area contributed by atoms with Crippen LogP contribution in [-0.2, 0) is 9.47 Å². The lowest BCUT2D eigenvalue weighted by Crippen LogP contribution is -2.33. The lowest BCUT2D eigenvalue weighted by atomic mass is 9.93. The van der Waals surface area contributed by atoms with Crippen LogP contribution in [0, 0.1) is 0 Å². The van der Waals surface area contributed by atoms with E-state index in [-0.39, 0.29) is 0 Å². The molecule has 1 saturated carbocycles. The molecule has 1 aliphatic carbocycles. The second kappa shape index (κ2) is 6.35. The van der Waals surface area contributed by atoms with Gasteiger partial charge in [-0.1, -0.05) is 0 Å². The van der Waals surface area contributed by atoms with Gasteiger partial charge in [-0.15, -0.1) is 0 Å². The molecule has 3 heteroatoms. The third-order valence-electron chi connectivity index (χ3n) is 2.72. The van der Waals surface area contributed by atoms with Gasteiger partial charge in [0.15, 0.2) is 0 Å². The summed E-state index contributed by atoms with van der Waals surface area (Å²) in [7, 11) is 3.75. The Morgan fingerprint density at radius 1 is 1.15 bits per heavy atom. The normalized spacial score (nSPS) is 29.1. The predicted octanol–water partition coefficient (Wildman–Crippen LogP) is 1.18. The molecule has 0 aromatic heterocycles. The molecule has 13 heavy (non-hydrogen) atoms. The highest BCUT2D eigenvalue weighted by Gasteiger charge is 2.19. The summed E-state index contributed by atoms with van der Waals surface area (Å²) in [6.45, 7) is 1.46. The zero-order valence-corrected chi connectivity index (χ0v) is 8.71. The van der Waals surface area contributed by atoms with Crippen molar-refractivity contribution in [1.29, 1.82) is 0 Å². The first kappa shape index (κ1) is 11.0. The summed E-state index contributed by atoms with van der Waals surface area (Å²) in [5, 5.41) is 3.31. The average molecular weight is 187 g/mol. The molecule has 1 N–H and O–H groups in total. The van der Waals surface area contributed by atoms with Gasteiger partial charge in [-0.25, -0.2) is 0 Å². The third kappa shape index (κ3) is 4.07. The molecule has 0 unspecified atom stereocenters. The Morgan fingerprint density at radius 3 is 2.38 bits per heavy atom. The summed E-state index contributed by atoms with van der Waals surface area (Å²) in [5.74, 6) is 0. The second-order valence-electron chi connectivity index (χ2n) is 3.63.